The van der Waals surface area contributed by atoms with Crippen LogP contribution in [0.3, 0.4) is 0 Å². The van der Waals surface area contributed by atoms with Crippen molar-refractivity contribution in [1.82, 2.24) is 15.0 Å². The number of fused-ring (bicyclic) bond motifs is 1. The third kappa shape index (κ3) is 1.77. The first-order chi connectivity index (χ1) is 8.78. The van der Waals surface area contributed by atoms with Gasteiger partial charge in [-0.1, -0.05) is 0 Å². The molecule has 0 fully saturated rings. The maximum atomic E-state index is 11.9. The van der Waals surface area contributed by atoms with Crippen molar-refractivity contribution in [2.45, 2.75) is 19.3 Å². The number of nitrogens with zero attached hydrogens (tertiary/aromatic N) is 2. The van der Waals surface area contributed by atoms with Gasteiger partial charge >= 0.3 is 0 Å². The van der Waals surface area contributed by atoms with Crippen LogP contribution in [0.4, 0.5) is 0 Å². The quantitative estimate of drug-likeness (QED) is 0.864. The number of aromatic amines is 1. The summed E-state index contributed by atoms with van der Waals surface area (Å²) < 4.78 is 5.00. The summed E-state index contributed by atoms with van der Waals surface area (Å²) >= 11 is 0. The van der Waals surface area contributed by atoms with Gasteiger partial charge in [0.2, 0.25) is 5.88 Å². The lowest BCUT2D eigenvalue weighted by molar-refractivity contribution is 0.398. The predicted molar refractivity (Wildman–Crippen MR) is 66.7 cm³/mol. The Balaban J connectivity index is 2.06. The summed E-state index contributed by atoms with van der Waals surface area (Å²) in [5.41, 5.74) is 2.52. The normalized spacial score (nSPS) is 13.4. The van der Waals surface area contributed by atoms with Gasteiger partial charge in [0, 0.05) is 23.4 Å². The first-order valence-electron chi connectivity index (χ1n) is 5.90. The summed E-state index contributed by atoms with van der Waals surface area (Å²) in [5, 5.41) is 0. The molecule has 3 rings (SSSR count). The van der Waals surface area contributed by atoms with E-state index in [4.69, 9.17) is 4.74 Å². The van der Waals surface area contributed by atoms with Crippen LogP contribution in [0.2, 0.25) is 0 Å². The zero-order valence-corrected chi connectivity index (χ0v) is 10.1. The Bertz CT molecular complexity index is 632. The number of hydrogen-bond acceptors (Lipinski definition) is 4. The molecule has 2 aromatic heterocycles. The van der Waals surface area contributed by atoms with Gasteiger partial charge in [-0.15, -0.1) is 0 Å². The third-order valence-electron chi connectivity index (χ3n) is 3.16. The van der Waals surface area contributed by atoms with Crippen LogP contribution in [-0.2, 0) is 12.8 Å². The van der Waals surface area contributed by atoms with Crippen LogP contribution in [0.25, 0.3) is 11.4 Å². The SMILES string of the molecule is COc1ccc(-c2nc3c(c(=O)[nH]2)CCC3)cn1. The summed E-state index contributed by atoms with van der Waals surface area (Å²) in [7, 11) is 1.57. The van der Waals surface area contributed by atoms with Gasteiger partial charge in [-0.3, -0.25) is 4.79 Å². The molecule has 1 aliphatic rings. The highest BCUT2D eigenvalue weighted by atomic mass is 16.5. The topological polar surface area (TPSA) is 67.9 Å². The van der Waals surface area contributed by atoms with Gasteiger partial charge in [0.05, 0.1) is 12.8 Å². The minimum absolute atomic E-state index is 0.0247. The second-order valence-corrected chi connectivity index (χ2v) is 4.28. The highest BCUT2D eigenvalue weighted by Crippen LogP contribution is 2.20. The lowest BCUT2D eigenvalue weighted by Crippen LogP contribution is -2.15. The number of hydrogen-bond donors (Lipinski definition) is 1. The summed E-state index contributed by atoms with van der Waals surface area (Å²) in [5.74, 6) is 1.12. The van der Waals surface area contributed by atoms with E-state index in [-0.39, 0.29) is 5.56 Å². The van der Waals surface area contributed by atoms with Crippen LogP contribution in [0.5, 0.6) is 5.88 Å². The summed E-state index contributed by atoms with van der Waals surface area (Å²) in [6, 6.07) is 3.59. The highest BCUT2D eigenvalue weighted by molar-refractivity contribution is 5.54. The smallest absolute Gasteiger partial charge is 0.254 e. The Morgan fingerprint density at radius 1 is 1.33 bits per heavy atom. The van der Waals surface area contributed by atoms with E-state index >= 15 is 0 Å². The second kappa shape index (κ2) is 4.25. The van der Waals surface area contributed by atoms with E-state index in [2.05, 4.69) is 15.0 Å². The Labute approximate surface area is 104 Å². The molecule has 18 heavy (non-hydrogen) atoms. The first kappa shape index (κ1) is 11.0. The predicted octanol–water partition coefficient (Wildman–Crippen LogP) is 1.33. The molecule has 0 saturated heterocycles. The second-order valence-electron chi connectivity index (χ2n) is 4.28. The van der Waals surface area contributed by atoms with E-state index in [0.717, 1.165) is 36.1 Å². The van der Waals surface area contributed by atoms with Gasteiger partial charge in [-0.05, 0) is 25.3 Å². The average molecular weight is 243 g/mol. The Morgan fingerprint density at radius 3 is 2.94 bits per heavy atom. The summed E-state index contributed by atoms with van der Waals surface area (Å²) in [6.45, 7) is 0. The number of pyridine rings is 1. The third-order valence-corrected chi connectivity index (χ3v) is 3.16. The van der Waals surface area contributed by atoms with Gasteiger partial charge in [0.25, 0.3) is 5.56 Å². The molecule has 0 radical (unpaired) electrons. The first-order valence-corrected chi connectivity index (χ1v) is 5.90. The maximum Gasteiger partial charge on any atom is 0.254 e. The molecule has 0 saturated carbocycles. The number of nitrogens with one attached hydrogen (secondary N) is 1. The molecule has 0 atom stereocenters. The molecule has 0 aromatic carbocycles. The number of H-pyrrole nitrogens is 1. The van der Waals surface area contributed by atoms with Crippen LogP contribution in [-0.4, -0.2) is 22.1 Å². The van der Waals surface area contributed by atoms with Gasteiger partial charge in [0.1, 0.15) is 5.82 Å². The molecule has 2 aromatic rings. The molecule has 0 aliphatic heterocycles. The van der Waals surface area contributed by atoms with E-state index < -0.39 is 0 Å². The minimum Gasteiger partial charge on any atom is -0.481 e. The zero-order valence-electron chi connectivity index (χ0n) is 10.1. The molecular formula is C13H13N3O2. The van der Waals surface area contributed by atoms with Crippen molar-refractivity contribution >= 4 is 0 Å². The zero-order chi connectivity index (χ0) is 12.5. The number of aryl methyl sites for hydroxylation is 1. The van der Waals surface area contributed by atoms with Crippen LogP contribution in [0, 0.1) is 0 Å². The largest absolute Gasteiger partial charge is 0.481 e. The highest BCUT2D eigenvalue weighted by Gasteiger charge is 2.17. The molecule has 0 amide bonds. The average Bonchev–Trinajstić information content (AvgIpc) is 2.88. The lowest BCUT2D eigenvalue weighted by Gasteiger charge is -2.04. The van der Waals surface area contributed by atoms with E-state index in [9.17, 15) is 4.79 Å². The summed E-state index contributed by atoms with van der Waals surface area (Å²) in [6.07, 6.45) is 4.38. The van der Waals surface area contributed by atoms with Crippen LogP contribution < -0.4 is 10.3 Å². The Kier molecular flexibility index (Phi) is 2.59. The Morgan fingerprint density at radius 2 is 2.22 bits per heavy atom. The fraction of sp³-hybridized carbons (Fsp3) is 0.308. The van der Waals surface area contributed by atoms with Crippen molar-refractivity contribution in [1.29, 1.82) is 0 Å². The fourth-order valence-corrected chi connectivity index (χ4v) is 2.22. The number of aromatic nitrogens is 3. The molecule has 2 heterocycles. The van der Waals surface area contributed by atoms with E-state index in [1.54, 1.807) is 19.4 Å². The van der Waals surface area contributed by atoms with Crippen molar-refractivity contribution < 1.29 is 4.74 Å². The molecule has 1 N–H and O–H groups in total. The molecule has 0 spiro atoms. The van der Waals surface area contributed by atoms with Crippen molar-refractivity contribution in [3.63, 3.8) is 0 Å². The molecule has 0 unspecified atom stereocenters. The minimum atomic E-state index is -0.0247. The standard InChI is InChI=1S/C13H13N3O2/c1-18-11-6-5-8(7-14-11)12-15-10-4-2-3-9(10)13(17)16-12/h5-7H,2-4H2,1H3,(H,15,16,17). The van der Waals surface area contributed by atoms with E-state index in [0.29, 0.717) is 11.7 Å². The fourth-order valence-electron chi connectivity index (χ4n) is 2.22. The van der Waals surface area contributed by atoms with Crippen LogP contribution in [0.1, 0.15) is 17.7 Å². The summed E-state index contributed by atoms with van der Waals surface area (Å²) in [4.78, 5) is 23.3. The molecular weight excluding hydrogens is 230 g/mol. The molecule has 0 bridgehead atoms. The molecule has 5 heteroatoms. The van der Waals surface area contributed by atoms with Gasteiger partial charge in [0.15, 0.2) is 0 Å². The molecule has 1 aliphatic carbocycles. The number of rotatable bonds is 2. The maximum absolute atomic E-state index is 11.9. The van der Waals surface area contributed by atoms with Crippen molar-refractivity contribution in [3.8, 4) is 17.3 Å². The monoisotopic (exact) mass is 243 g/mol. The van der Waals surface area contributed by atoms with E-state index in [1.807, 2.05) is 6.07 Å². The number of methoxy groups -OCH3 is 1. The number of ether oxygens (including phenoxy) is 1. The van der Waals surface area contributed by atoms with Gasteiger partial charge in [-0.2, -0.15) is 0 Å². The van der Waals surface area contributed by atoms with E-state index in [1.165, 1.54) is 0 Å². The van der Waals surface area contributed by atoms with Crippen molar-refractivity contribution in [2.24, 2.45) is 0 Å². The van der Waals surface area contributed by atoms with Crippen molar-refractivity contribution in [2.75, 3.05) is 7.11 Å². The lowest BCUT2D eigenvalue weighted by atomic mass is 10.2. The molecule has 92 valence electrons. The van der Waals surface area contributed by atoms with Gasteiger partial charge in [-0.25, -0.2) is 9.97 Å². The van der Waals surface area contributed by atoms with Gasteiger partial charge < -0.3 is 9.72 Å². The molecule has 5 nitrogen and oxygen atoms in total. The Hall–Kier alpha value is -2.17. The van der Waals surface area contributed by atoms with Crippen LogP contribution in [0.15, 0.2) is 23.1 Å². The van der Waals surface area contributed by atoms with Crippen LogP contribution >= 0.6 is 0 Å². The van der Waals surface area contributed by atoms with Crippen molar-refractivity contribution in [3.05, 3.63) is 39.9 Å².